The van der Waals surface area contributed by atoms with Crippen molar-refractivity contribution in [2.75, 3.05) is 0 Å². The van der Waals surface area contributed by atoms with Gasteiger partial charge in [0.05, 0.1) is 0 Å². The maximum Gasteiger partial charge on any atom is 0.0464 e. The number of halogens is 1. The van der Waals surface area contributed by atoms with E-state index in [9.17, 15) is 0 Å². The van der Waals surface area contributed by atoms with E-state index in [1.807, 2.05) is 27.7 Å². The van der Waals surface area contributed by atoms with Crippen LogP contribution in [0.4, 0.5) is 0 Å². The van der Waals surface area contributed by atoms with Gasteiger partial charge in [0.25, 0.3) is 0 Å². The van der Waals surface area contributed by atoms with Crippen LogP contribution >= 0.6 is 11.6 Å². The van der Waals surface area contributed by atoms with Crippen LogP contribution in [0.15, 0.2) is 12.1 Å². The van der Waals surface area contributed by atoms with Gasteiger partial charge in [-0.2, -0.15) is 0 Å². The standard InChI is InChI=1S/C11H16ClN/c1-7-5-9(11(3,4)13)6-8(2)10(7)12/h5-6H,13H2,1-4H3. The average Bonchev–Trinajstić information content (AvgIpc) is 1.97. The van der Waals surface area contributed by atoms with Crippen molar-refractivity contribution in [3.8, 4) is 0 Å². The Morgan fingerprint density at radius 2 is 1.54 bits per heavy atom. The van der Waals surface area contributed by atoms with Crippen LogP contribution in [0.5, 0.6) is 0 Å². The minimum absolute atomic E-state index is 0.292. The van der Waals surface area contributed by atoms with E-state index in [1.54, 1.807) is 0 Å². The molecule has 0 amide bonds. The maximum absolute atomic E-state index is 6.06. The molecule has 1 aromatic rings. The molecule has 13 heavy (non-hydrogen) atoms. The predicted molar refractivity (Wildman–Crippen MR) is 58.1 cm³/mol. The molecular weight excluding hydrogens is 182 g/mol. The van der Waals surface area contributed by atoms with Gasteiger partial charge in [-0.1, -0.05) is 23.7 Å². The van der Waals surface area contributed by atoms with Crippen LogP contribution in [0.2, 0.25) is 5.02 Å². The zero-order chi connectivity index (χ0) is 10.2. The third kappa shape index (κ3) is 2.23. The average molecular weight is 198 g/mol. The first-order valence-electron chi connectivity index (χ1n) is 4.38. The Morgan fingerprint density at radius 3 is 1.85 bits per heavy atom. The van der Waals surface area contributed by atoms with Crippen molar-refractivity contribution in [1.82, 2.24) is 0 Å². The van der Waals surface area contributed by atoms with E-state index >= 15 is 0 Å². The quantitative estimate of drug-likeness (QED) is 0.736. The zero-order valence-electron chi connectivity index (χ0n) is 8.61. The van der Waals surface area contributed by atoms with Crippen molar-refractivity contribution >= 4 is 11.6 Å². The summed E-state index contributed by atoms with van der Waals surface area (Å²) in [6.07, 6.45) is 0. The van der Waals surface area contributed by atoms with Gasteiger partial charge in [-0.05, 0) is 44.4 Å². The second-order valence-corrected chi connectivity index (χ2v) is 4.52. The van der Waals surface area contributed by atoms with Crippen LogP contribution in [0.1, 0.15) is 30.5 Å². The van der Waals surface area contributed by atoms with E-state index in [2.05, 4.69) is 12.1 Å². The Hall–Kier alpha value is -0.530. The van der Waals surface area contributed by atoms with Crippen LogP contribution in [0, 0.1) is 13.8 Å². The first kappa shape index (κ1) is 10.6. The monoisotopic (exact) mass is 197 g/mol. The van der Waals surface area contributed by atoms with Gasteiger partial charge in [-0.25, -0.2) is 0 Å². The predicted octanol–water partition coefficient (Wildman–Crippen LogP) is 3.15. The molecule has 0 atom stereocenters. The molecule has 0 bridgehead atoms. The Morgan fingerprint density at radius 1 is 1.15 bits per heavy atom. The zero-order valence-corrected chi connectivity index (χ0v) is 9.37. The van der Waals surface area contributed by atoms with Crippen LogP contribution < -0.4 is 5.73 Å². The Kier molecular flexibility index (Phi) is 2.69. The van der Waals surface area contributed by atoms with Crippen molar-refractivity contribution < 1.29 is 0 Å². The van der Waals surface area contributed by atoms with Gasteiger partial charge in [0.2, 0.25) is 0 Å². The SMILES string of the molecule is Cc1cc(C(C)(C)N)cc(C)c1Cl. The summed E-state index contributed by atoms with van der Waals surface area (Å²) in [6.45, 7) is 8.00. The maximum atomic E-state index is 6.06. The minimum Gasteiger partial charge on any atom is -0.322 e. The molecule has 0 saturated heterocycles. The van der Waals surface area contributed by atoms with Gasteiger partial charge in [0.1, 0.15) is 0 Å². The van der Waals surface area contributed by atoms with Crippen LogP contribution in [0.25, 0.3) is 0 Å². The summed E-state index contributed by atoms with van der Waals surface area (Å²) in [4.78, 5) is 0. The molecule has 72 valence electrons. The molecule has 0 aromatic heterocycles. The lowest BCUT2D eigenvalue weighted by molar-refractivity contribution is 0.553. The van der Waals surface area contributed by atoms with Crippen LogP contribution in [-0.4, -0.2) is 0 Å². The summed E-state index contributed by atoms with van der Waals surface area (Å²) >= 11 is 6.06. The summed E-state index contributed by atoms with van der Waals surface area (Å²) < 4.78 is 0. The third-order valence-corrected chi connectivity index (χ3v) is 2.78. The Balaban J connectivity index is 3.29. The van der Waals surface area contributed by atoms with E-state index in [1.165, 1.54) is 0 Å². The summed E-state index contributed by atoms with van der Waals surface area (Å²) in [7, 11) is 0. The number of rotatable bonds is 1. The molecule has 1 rings (SSSR count). The fourth-order valence-electron chi connectivity index (χ4n) is 1.32. The Bertz CT molecular complexity index is 300. The van der Waals surface area contributed by atoms with Gasteiger partial charge >= 0.3 is 0 Å². The molecule has 1 nitrogen and oxygen atoms in total. The van der Waals surface area contributed by atoms with Gasteiger partial charge in [-0.15, -0.1) is 0 Å². The molecule has 0 aliphatic carbocycles. The molecule has 0 aliphatic heterocycles. The van der Waals surface area contributed by atoms with Crippen molar-refractivity contribution in [1.29, 1.82) is 0 Å². The molecule has 0 heterocycles. The second-order valence-electron chi connectivity index (χ2n) is 4.15. The molecule has 1 aromatic carbocycles. The van der Waals surface area contributed by atoms with Crippen molar-refractivity contribution in [3.05, 3.63) is 33.8 Å². The minimum atomic E-state index is -0.292. The van der Waals surface area contributed by atoms with E-state index in [4.69, 9.17) is 17.3 Å². The highest BCUT2D eigenvalue weighted by Gasteiger charge is 2.15. The van der Waals surface area contributed by atoms with Gasteiger partial charge in [0, 0.05) is 10.6 Å². The van der Waals surface area contributed by atoms with Crippen LogP contribution in [-0.2, 0) is 5.54 Å². The molecule has 0 saturated carbocycles. The number of benzene rings is 1. The first-order chi connectivity index (χ1) is 5.82. The van der Waals surface area contributed by atoms with E-state index < -0.39 is 0 Å². The summed E-state index contributed by atoms with van der Waals surface area (Å²) in [6, 6.07) is 4.10. The lowest BCUT2D eigenvalue weighted by Gasteiger charge is -2.21. The van der Waals surface area contributed by atoms with Crippen molar-refractivity contribution in [2.24, 2.45) is 5.73 Å². The van der Waals surface area contributed by atoms with Crippen LogP contribution in [0.3, 0.4) is 0 Å². The van der Waals surface area contributed by atoms with Gasteiger partial charge in [-0.3, -0.25) is 0 Å². The third-order valence-electron chi connectivity index (χ3n) is 2.18. The summed E-state index contributed by atoms with van der Waals surface area (Å²) in [5, 5.41) is 0.841. The molecule has 2 heteroatoms. The number of nitrogens with two attached hydrogens (primary N) is 1. The highest BCUT2D eigenvalue weighted by Crippen LogP contribution is 2.26. The summed E-state index contributed by atoms with van der Waals surface area (Å²) in [5.74, 6) is 0. The molecule has 2 N–H and O–H groups in total. The topological polar surface area (TPSA) is 26.0 Å². The number of hydrogen-bond acceptors (Lipinski definition) is 1. The van der Waals surface area contributed by atoms with E-state index in [0.717, 1.165) is 21.7 Å². The second kappa shape index (κ2) is 3.32. The fourth-order valence-corrected chi connectivity index (χ4v) is 1.43. The normalized spacial score (nSPS) is 11.8. The lowest BCUT2D eigenvalue weighted by Crippen LogP contribution is -2.28. The molecule has 0 spiro atoms. The highest BCUT2D eigenvalue weighted by molar-refractivity contribution is 6.32. The highest BCUT2D eigenvalue weighted by atomic mass is 35.5. The summed E-state index contributed by atoms with van der Waals surface area (Å²) in [5.41, 5.74) is 9.03. The molecule has 0 radical (unpaired) electrons. The fraction of sp³-hybridized carbons (Fsp3) is 0.455. The molecular formula is C11H16ClN. The Labute approximate surface area is 84.9 Å². The van der Waals surface area contributed by atoms with Gasteiger partial charge in [0.15, 0.2) is 0 Å². The lowest BCUT2D eigenvalue weighted by atomic mass is 9.92. The smallest absolute Gasteiger partial charge is 0.0464 e. The van der Waals surface area contributed by atoms with Crippen molar-refractivity contribution in [2.45, 2.75) is 33.2 Å². The number of aryl methyl sites for hydroxylation is 2. The van der Waals surface area contributed by atoms with E-state index in [-0.39, 0.29) is 5.54 Å². The van der Waals surface area contributed by atoms with Gasteiger partial charge < -0.3 is 5.73 Å². The first-order valence-corrected chi connectivity index (χ1v) is 4.76. The largest absolute Gasteiger partial charge is 0.322 e. The molecule has 0 unspecified atom stereocenters. The molecule has 0 fully saturated rings. The van der Waals surface area contributed by atoms with Crippen molar-refractivity contribution in [3.63, 3.8) is 0 Å². The molecule has 0 aliphatic rings. The van der Waals surface area contributed by atoms with E-state index in [0.29, 0.717) is 0 Å². The number of hydrogen-bond donors (Lipinski definition) is 1.